The number of alkyl halides is 3. The fourth-order valence-corrected chi connectivity index (χ4v) is 3.00. The Morgan fingerprint density at radius 1 is 1.17 bits per heavy atom. The number of carbonyl (C=O) groups is 2. The number of halogens is 3. The van der Waals surface area contributed by atoms with Crippen LogP contribution in [-0.4, -0.2) is 25.1 Å². The van der Waals surface area contributed by atoms with Gasteiger partial charge in [0.2, 0.25) is 0 Å². The number of nitrogens with one attached hydrogen (secondary N) is 1. The topological polar surface area (TPSA) is 64.6 Å². The molecule has 0 aliphatic carbocycles. The zero-order valence-corrected chi connectivity index (χ0v) is 16.8. The summed E-state index contributed by atoms with van der Waals surface area (Å²) in [6.45, 7) is 6.31. The van der Waals surface area contributed by atoms with Gasteiger partial charge in [0.25, 0.3) is 5.91 Å². The average molecular weight is 427 g/mol. The first-order chi connectivity index (χ1) is 13.6. The van der Waals surface area contributed by atoms with Crippen molar-refractivity contribution < 1.29 is 32.0 Å². The van der Waals surface area contributed by atoms with Gasteiger partial charge in [0.1, 0.15) is 0 Å². The lowest BCUT2D eigenvalue weighted by Gasteiger charge is -2.13. The van der Waals surface area contributed by atoms with Gasteiger partial charge in [-0.05, 0) is 59.9 Å². The molecular formula is C20H20F3NO4S. The summed E-state index contributed by atoms with van der Waals surface area (Å²) in [5, 5.41) is 2.83. The molecule has 2 aromatic rings. The monoisotopic (exact) mass is 427 g/mol. The number of aryl methyl sites for hydroxylation is 1. The van der Waals surface area contributed by atoms with Crippen LogP contribution in [0.15, 0.2) is 41.3 Å². The van der Waals surface area contributed by atoms with Crippen LogP contribution in [0.2, 0.25) is 0 Å². The van der Waals surface area contributed by atoms with E-state index in [1.54, 1.807) is 25.1 Å². The minimum Gasteiger partial charge on any atom is -0.352 e. The first-order valence-electron chi connectivity index (χ1n) is 8.68. The molecule has 5 nitrogen and oxygen atoms in total. The lowest BCUT2D eigenvalue weighted by atomic mass is 9.95. The van der Waals surface area contributed by atoms with Crippen molar-refractivity contribution in [3.63, 3.8) is 0 Å². The van der Waals surface area contributed by atoms with Gasteiger partial charge >= 0.3 is 6.36 Å². The summed E-state index contributed by atoms with van der Waals surface area (Å²) in [5.41, 5.74) is 2.75. The molecule has 2 aromatic carbocycles. The number of carbonyl (C=O) groups excluding carboxylic acids is 2. The Hall–Kier alpha value is -2.36. The van der Waals surface area contributed by atoms with Gasteiger partial charge in [0, 0.05) is 22.6 Å². The third kappa shape index (κ3) is 6.88. The smallest absolute Gasteiger partial charge is 0.352 e. The normalized spacial score (nSPS) is 11.6. The van der Waals surface area contributed by atoms with E-state index in [1.165, 1.54) is 18.2 Å². The van der Waals surface area contributed by atoms with Crippen LogP contribution in [0.4, 0.5) is 13.2 Å². The molecule has 0 aliphatic rings. The first-order valence-corrected chi connectivity index (χ1v) is 9.42. The van der Waals surface area contributed by atoms with Crippen LogP contribution in [0.25, 0.3) is 11.1 Å². The minimum atomic E-state index is -4.92. The molecule has 0 saturated carbocycles. The Morgan fingerprint density at radius 3 is 2.48 bits per heavy atom. The van der Waals surface area contributed by atoms with E-state index in [9.17, 15) is 22.8 Å². The molecule has 9 heteroatoms. The van der Waals surface area contributed by atoms with Crippen molar-refractivity contribution in [2.24, 2.45) is 5.92 Å². The second-order valence-corrected chi connectivity index (χ2v) is 7.46. The average Bonchev–Trinajstić information content (AvgIpc) is 2.65. The van der Waals surface area contributed by atoms with E-state index in [-0.39, 0.29) is 5.91 Å². The predicted octanol–water partition coefficient (Wildman–Crippen LogP) is 5.34. The Labute approximate surface area is 170 Å². The lowest BCUT2D eigenvalue weighted by Crippen LogP contribution is -2.27. The molecule has 2 rings (SSSR count). The number of aldehydes is 1. The fourth-order valence-electron chi connectivity index (χ4n) is 2.52. The minimum absolute atomic E-state index is 0.203. The van der Waals surface area contributed by atoms with Crippen LogP contribution >= 0.6 is 12.0 Å². The number of hydrogen-bond donors (Lipinski definition) is 1. The van der Waals surface area contributed by atoms with E-state index in [0.717, 1.165) is 5.56 Å². The first kappa shape index (κ1) is 22.9. The van der Waals surface area contributed by atoms with Gasteiger partial charge in [0.05, 0.1) is 12.0 Å². The van der Waals surface area contributed by atoms with Gasteiger partial charge in [-0.25, -0.2) is 0 Å². The summed E-state index contributed by atoms with van der Waals surface area (Å²) in [4.78, 5) is 27.3. The van der Waals surface area contributed by atoms with Crippen molar-refractivity contribution in [3.05, 3.63) is 53.1 Å². The molecular weight excluding hydrogens is 407 g/mol. The molecule has 0 bridgehead atoms. The fraction of sp³-hybridized carbons (Fsp3) is 0.300. The third-order valence-electron chi connectivity index (χ3n) is 3.86. The highest BCUT2D eigenvalue weighted by molar-refractivity contribution is 7.94. The van der Waals surface area contributed by atoms with Crippen LogP contribution in [0.1, 0.15) is 40.1 Å². The molecule has 0 aromatic heterocycles. The maximum Gasteiger partial charge on any atom is 0.550 e. The third-order valence-corrected chi connectivity index (χ3v) is 4.44. The van der Waals surface area contributed by atoms with Crippen LogP contribution < -0.4 is 5.32 Å². The molecule has 0 atom stereocenters. The molecule has 0 saturated heterocycles. The van der Waals surface area contributed by atoms with Gasteiger partial charge in [-0.15, -0.1) is 18.1 Å². The number of rotatable bonds is 8. The standard InChI is InChI=1S/C20H20F3NO4S/c1-12(2)10-24-19(26)14-5-7-17(13(3)8-14)18-9-16(6-4-15(18)11-25)29-28-27-20(21,22)23/h4-9,11-12H,10H2,1-3H3,(H,24,26). The van der Waals surface area contributed by atoms with Crippen LogP contribution in [-0.2, 0) is 9.22 Å². The molecule has 0 fully saturated rings. The molecule has 0 aliphatic heterocycles. The van der Waals surface area contributed by atoms with Gasteiger partial charge in [0.15, 0.2) is 6.29 Å². The van der Waals surface area contributed by atoms with Crippen molar-refractivity contribution in [2.75, 3.05) is 6.54 Å². The molecule has 0 radical (unpaired) electrons. The van der Waals surface area contributed by atoms with E-state index in [0.29, 0.717) is 57.9 Å². The van der Waals surface area contributed by atoms with Gasteiger partial charge < -0.3 is 5.32 Å². The zero-order chi connectivity index (χ0) is 21.6. The van der Waals surface area contributed by atoms with E-state index >= 15 is 0 Å². The number of hydrogen-bond acceptors (Lipinski definition) is 5. The van der Waals surface area contributed by atoms with Crippen LogP contribution in [0.5, 0.6) is 0 Å². The Balaban J connectivity index is 2.26. The summed E-state index contributed by atoms with van der Waals surface area (Å²) < 4.78 is 40.2. The largest absolute Gasteiger partial charge is 0.550 e. The second-order valence-electron chi connectivity index (χ2n) is 6.68. The molecule has 1 N–H and O–H groups in total. The van der Waals surface area contributed by atoms with E-state index in [1.807, 2.05) is 13.8 Å². The second kappa shape index (κ2) is 9.91. The van der Waals surface area contributed by atoms with Crippen molar-refractivity contribution in [3.8, 4) is 11.1 Å². The van der Waals surface area contributed by atoms with E-state index < -0.39 is 6.36 Å². The lowest BCUT2D eigenvalue weighted by molar-refractivity contribution is -0.440. The van der Waals surface area contributed by atoms with Gasteiger partial charge in [-0.3, -0.25) is 9.59 Å². The quantitative estimate of drug-likeness (QED) is 0.267. The SMILES string of the molecule is Cc1cc(C(=O)NCC(C)C)ccc1-c1cc(SOOC(F)(F)F)ccc1C=O. The van der Waals surface area contributed by atoms with E-state index in [2.05, 4.69) is 14.5 Å². The van der Waals surface area contributed by atoms with Crippen LogP contribution in [0, 0.1) is 12.8 Å². The molecule has 1 amide bonds. The zero-order valence-electron chi connectivity index (χ0n) is 16.0. The highest BCUT2D eigenvalue weighted by atomic mass is 32.2. The van der Waals surface area contributed by atoms with E-state index in [4.69, 9.17) is 0 Å². The summed E-state index contributed by atoms with van der Waals surface area (Å²) in [7, 11) is 0. The summed E-state index contributed by atoms with van der Waals surface area (Å²) in [6, 6.07) is 9.47. The van der Waals surface area contributed by atoms with Crippen molar-refractivity contribution in [2.45, 2.75) is 32.0 Å². The number of amides is 1. The maximum atomic E-state index is 12.2. The number of benzene rings is 2. The Kier molecular flexibility index (Phi) is 7.83. The highest BCUT2D eigenvalue weighted by Crippen LogP contribution is 2.32. The molecule has 0 heterocycles. The molecule has 156 valence electrons. The Morgan fingerprint density at radius 2 is 1.90 bits per heavy atom. The van der Waals surface area contributed by atoms with Gasteiger partial charge in [-0.1, -0.05) is 19.9 Å². The summed E-state index contributed by atoms with van der Waals surface area (Å²) in [5.74, 6) is 0.115. The van der Waals surface area contributed by atoms with Crippen molar-refractivity contribution in [1.82, 2.24) is 5.32 Å². The molecule has 29 heavy (non-hydrogen) atoms. The van der Waals surface area contributed by atoms with Gasteiger partial charge in [-0.2, -0.15) is 4.33 Å². The predicted molar refractivity (Wildman–Crippen MR) is 103 cm³/mol. The van der Waals surface area contributed by atoms with Crippen LogP contribution in [0.3, 0.4) is 0 Å². The summed E-state index contributed by atoms with van der Waals surface area (Å²) in [6.07, 6.45) is -4.26. The molecule has 0 unspecified atom stereocenters. The summed E-state index contributed by atoms with van der Waals surface area (Å²) >= 11 is 0.376. The Bertz CT molecular complexity index is 885. The molecule has 0 spiro atoms. The van der Waals surface area contributed by atoms with Crippen molar-refractivity contribution >= 4 is 24.2 Å². The maximum absolute atomic E-state index is 12.2. The highest BCUT2D eigenvalue weighted by Gasteiger charge is 2.31. The van der Waals surface area contributed by atoms with Crippen molar-refractivity contribution in [1.29, 1.82) is 0 Å².